The Balaban J connectivity index is 2.69. The number of nitrogens with two attached hydrogens (primary N) is 1. The first kappa shape index (κ1) is 22.4. The molecule has 9 nitrogen and oxygen atoms in total. The second-order valence-electron chi connectivity index (χ2n) is 6.01. The number of benzene rings is 1. The Morgan fingerprint density at radius 3 is 2.52 bits per heavy atom. The van der Waals surface area contributed by atoms with Gasteiger partial charge in [-0.15, -0.1) is 0 Å². The second-order valence-corrected chi connectivity index (χ2v) is 6.93. The normalized spacial score (nSPS) is 11.0. The molecule has 10 heteroatoms. The van der Waals surface area contributed by atoms with E-state index < -0.39 is 12.1 Å². The number of para-hydroxylation sites is 1. The molecule has 0 radical (unpaired) electrons. The van der Waals surface area contributed by atoms with E-state index in [1.54, 1.807) is 56.1 Å². The molecule has 0 aliphatic heterocycles. The van der Waals surface area contributed by atoms with Crippen LogP contribution in [0.2, 0.25) is 0 Å². The van der Waals surface area contributed by atoms with Crippen LogP contribution in [-0.2, 0) is 0 Å². The molecular weight excluding hydrogens is 489 g/mol. The monoisotopic (exact) mass is 511 g/mol. The quantitative estimate of drug-likeness (QED) is 0.276. The number of amides is 3. The second kappa shape index (κ2) is 10.0. The van der Waals surface area contributed by atoms with Gasteiger partial charge in [-0.3, -0.25) is 4.98 Å². The average molecular weight is 511 g/mol. The van der Waals surface area contributed by atoms with Crippen LogP contribution >= 0.6 is 22.9 Å². The summed E-state index contributed by atoms with van der Waals surface area (Å²) in [5, 5.41) is 4.12. The lowest BCUT2D eigenvalue weighted by molar-refractivity contribution is 0.172. The van der Waals surface area contributed by atoms with Gasteiger partial charge in [0, 0.05) is 31.4 Å². The van der Waals surface area contributed by atoms with Crippen molar-refractivity contribution >= 4 is 40.7 Å². The van der Waals surface area contributed by atoms with Gasteiger partial charge in [-0.05, 0) is 26.0 Å². The van der Waals surface area contributed by atoms with Crippen molar-refractivity contribution < 1.29 is 19.1 Å². The van der Waals surface area contributed by atoms with Gasteiger partial charge in [-0.1, -0.05) is 18.2 Å². The highest BCUT2D eigenvalue weighted by atomic mass is 127. The molecule has 0 fully saturated rings. The molecule has 3 amide bonds. The van der Waals surface area contributed by atoms with Gasteiger partial charge >= 0.3 is 12.1 Å². The van der Waals surface area contributed by atoms with E-state index in [1.807, 2.05) is 31.2 Å². The highest BCUT2D eigenvalue weighted by Gasteiger charge is 2.22. The number of aromatic nitrogens is 1. The van der Waals surface area contributed by atoms with Crippen molar-refractivity contribution in [3.05, 3.63) is 42.2 Å². The Morgan fingerprint density at radius 1 is 1.21 bits per heavy atom. The van der Waals surface area contributed by atoms with Gasteiger partial charge in [-0.25, -0.2) is 9.59 Å². The summed E-state index contributed by atoms with van der Waals surface area (Å²) in [5.74, 6) is 0.838. The Bertz CT molecular complexity index is 933. The number of nitrogens with zero attached hydrogens (tertiary/aromatic N) is 4. The molecule has 2 aromatic rings. The van der Waals surface area contributed by atoms with Gasteiger partial charge in [0.1, 0.15) is 11.4 Å². The van der Waals surface area contributed by atoms with Crippen LogP contribution in [0.1, 0.15) is 19.5 Å². The Hall–Kier alpha value is -2.89. The molecule has 0 saturated carbocycles. The third kappa shape index (κ3) is 5.56. The predicted octanol–water partition coefficient (Wildman–Crippen LogP) is 3.66. The molecule has 0 saturated heterocycles. The van der Waals surface area contributed by atoms with Crippen LogP contribution in [0.4, 0.5) is 9.59 Å². The summed E-state index contributed by atoms with van der Waals surface area (Å²) in [5.41, 5.74) is 7.21. The summed E-state index contributed by atoms with van der Waals surface area (Å²) in [4.78, 5) is 29.3. The summed E-state index contributed by atoms with van der Waals surface area (Å²) in [7, 11) is 3.15. The minimum Gasteiger partial charge on any atom is -0.493 e. The first-order chi connectivity index (χ1) is 13.8. The average Bonchev–Trinajstić information content (AvgIpc) is 2.68. The number of rotatable bonds is 6. The van der Waals surface area contributed by atoms with Crippen LogP contribution in [0.15, 0.2) is 41.6 Å². The van der Waals surface area contributed by atoms with Gasteiger partial charge in [0.05, 0.1) is 35.2 Å². The molecular formula is C19H22IN5O4. The topological polar surface area (TPSA) is 110 Å². The SMILES string of the molecule is CCOc1ccccc1-c1ccnc(C(C)=NN(I)C(N)=O)c1OC(=O)N(C)C. The zero-order valence-corrected chi connectivity index (χ0v) is 18.7. The molecule has 29 heavy (non-hydrogen) atoms. The van der Waals surface area contributed by atoms with Gasteiger partial charge in [0.15, 0.2) is 5.75 Å². The molecule has 154 valence electrons. The van der Waals surface area contributed by atoms with E-state index in [0.29, 0.717) is 29.3 Å². The van der Waals surface area contributed by atoms with E-state index >= 15 is 0 Å². The summed E-state index contributed by atoms with van der Waals surface area (Å²) >= 11 is 1.67. The molecule has 0 aliphatic carbocycles. The van der Waals surface area contributed by atoms with Crippen molar-refractivity contribution in [3.8, 4) is 22.6 Å². The maximum Gasteiger partial charge on any atom is 0.414 e. The van der Waals surface area contributed by atoms with Crippen LogP contribution in [0.3, 0.4) is 0 Å². The predicted molar refractivity (Wildman–Crippen MR) is 118 cm³/mol. The minimum atomic E-state index is -0.741. The maximum absolute atomic E-state index is 12.3. The van der Waals surface area contributed by atoms with Crippen molar-refractivity contribution in [2.75, 3.05) is 20.7 Å². The fourth-order valence-electron chi connectivity index (χ4n) is 2.40. The third-order valence-electron chi connectivity index (χ3n) is 3.70. The Labute approximate surface area is 183 Å². The van der Waals surface area contributed by atoms with E-state index in [9.17, 15) is 9.59 Å². The molecule has 2 rings (SSSR count). The zero-order valence-electron chi connectivity index (χ0n) is 16.5. The van der Waals surface area contributed by atoms with Crippen molar-refractivity contribution in [3.63, 3.8) is 0 Å². The highest BCUT2D eigenvalue weighted by molar-refractivity contribution is 14.1. The lowest BCUT2D eigenvalue weighted by Gasteiger charge is -2.18. The summed E-state index contributed by atoms with van der Waals surface area (Å²) in [6.45, 7) is 4.00. The zero-order chi connectivity index (χ0) is 21.6. The smallest absolute Gasteiger partial charge is 0.414 e. The maximum atomic E-state index is 12.3. The Morgan fingerprint density at radius 2 is 1.90 bits per heavy atom. The van der Waals surface area contributed by atoms with Crippen molar-refractivity contribution in [1.82, 2.24) is 13.1 Å². The minimum absolute atomic E-state index is 0.203. The van der Waals surface area contributed by atoms with E-state index in [1.165, 1.54) is 4.90 Å². The first-order valence-corrected chi connectivity index (χ1v) is 9.64. The number of carbonyl (C=O) groups excluding carboxylic acids is 2. The number of halogens is 1. The van der Waals surface area contributed by atoms with E-state index in [-0.39, 0.29) is 5.75 Å². The van der Waals surface area contributed by atoms with Crippen LogP contribution in [-0.4, -0.2) is 51.6 Å². The molecule has 2 N–H and O–H groups in total. The van der Waals surface area contributed by atoms with Crippen LogP contribution in [0.5, 0.6) is 11.5 Å². The van der Waals surface area contributed by atoms with Crippen molar-refractivity contribution in [2.45, 2.75) is 13.8 Å². The van der Waals surface area contributed by atoms with E-state index in [4.69, 9.17) is 15.2 Å². The van der Waals surface area contributed by atoms with Crippen LogP contribution in [0, 0.1) is 0 Å². The van der Waals surface area contributed by atoms with Gasteiger partial charge in [0.2, 0.25) is 0 Å². The number of hydrogen-bond acceptors (Lipinski definition) is 6. The number of ether oxygens (including phenoxy) is 2. The van der Waals surface area contributed by atoms with Crippen LogP contribution < -0.4 is 15.2 Å². The summed E-state index contributed by atoms with van der Waals surface area (Å²) in [6.07, 6.45) is 0.990. The van der Waals surface area contributed by atoms with Gasteiger partial charge in [0.25, 0.3) is 0 Å². The standard InChI is InChI=1S/C19H22IN5O4/c1-5-28-15-9-7-6-8-13(15)14-10-11-22-16(12(2)23-25(20)18(21)26)17(14)29-19(27)24(3)4/h6-11H,5H2,1-4H3,(H2,21,26). The lowest BCUT2D eigenvalue weighted by Crippen LogP contribution is -2.27. The van der Waals surface area contributed by atoms with E-state index in [0.717, 1.165) is 8.79 Å². The number of hydrazone groups is 1. The highest BCUT2D eigenvalue weighted by Crippen LogP contribution is 2.38. The van der Waals surface area contributed by atoms with E-state index in [2.05, 4.69) is 10.1 Å². The van der Waals surface area contributed by atoms with Crippen LogP contribution in [0.25, 0.3) is 11.1 Å². The molecule has 0 unspecified atom stereocenters. The third-order valence-corrected chi connectivity index (χ3v) is 4.39. The number of pyridine rings is 1. The fourth-order valence-corrected chi connectivity index (χ4v) is 2.72. The number of urea groups is 1. The molecule has 1 heterocycles. The number of hydrogen-bond donors (Lipinski definition) is 1. The molecule has 0 spiro atoms. The Kier molecular flexibility index (Phi) is 7.76. The largest absolute Gasteiger partial charge is 0.493 e. The fraction of sp³-hybridized carbons (Fsp3) is 0.263. The van der Waals surface area contributed by atoms with Gasteiger partial charge in [-0.2, -0.15) is 8.32 Å². The number of carbonyl (C=O) groups is 2. The molecule has 1 aromatic carbocycles. The van der Waals surface area contributed by atoms with Crippen molar-refractivity contribution in [1.29, 1.82) is 0 Å². The summed E-state index contributed by atoms with van der Waals surface area (Å²) < 4.78 is 12.3. The lowest BCUT2D eigenvalue weighted by atomic mass is 10.0. The van der Waals surface area contributed by atoms with Crippen molar-refractivity contribution in [2.24, 2.45) is 10.8 Å². The molecule has 0 aliphatic rings. The molecule has 0 bridgehead atoms. The first-order valence-electron chi connectivity index (χ1n) is 8.67. The number of primary amides is 1. The molecule has 0 atom stereocenters. The summed E-state index contributed by atoms with van der Waals surface area (Å²) in [6, 6.07) is 8.39. The van der Waals surface area contributed by atoms with Gasteiger partial charge < -0.3 is 20.1 Å². The molecule has 1 aromatic heterocycles.